The fraction of sp³-hybridized carbons (Fsp3) is 0.588. The van der Waals surface area contributed by atoms with Crippen molar-refractivity contribution in [3.05, 3.63) is 30.1 Å². The van der Waals surface area contributed by atoms with Gasteiger partial charge in [-0.3, -0.25) is 0 Å². The molecule has 2 aromatic rings. The van der Waals surface area contributed by atoms with Crippen LogP contribution in [0.15, 0.2) is 24.5 Å². The molecule has 0 amide bonds. The maximum Gasteiger partial charge on any atom is 0.0955 e. The van der Waals surface area contributed by atoms with Gasteiger partial charge in [-0.25, -0.2) is 4.98 Å². The Kier molecular flexibility index (Phi) is 3.05. The molecule has 0 spiro atoms. The Bertz CT molecular complexity index is 651. The Morgan fingerprint density at radius 1 is 1.24 bits per heavy atom. The van der Waals surface area contributed by atoms with Gasteiger partial charge in [0.25, 0.3) is 0 Å². The number of rotatable bonds is 2. The predicted octanol–water partition coefficient (Wildman–Crippen LogP) is 2.41. The molecule has 0 bridgehead atoms. The van der Waals surface area contributed by atoms with Crippen LogP contribution >= 0.6 is 0 Å². The van der Waals surface area contributed by atoms with Crippen LogP contribution in [0.5, 0.6) is 0 Å². The lowest BCUT2D eigenvalue weighted by Gasteiger charge is -2.44. The zero-order valence-corrected chi connectivity index (χ0v) is 12.6. The number of hydrogen-bond donors (Lipinski definition) is 1. The summed E-state index contributed by atoms with van der Waals surface area (Å²) in [7, 11) is 2.00. The first kappa shape index (κ1) is 13.3. The van der Waals surface area contributed by atoms with E-state index >= 15 is 0 Å². The molecule has 4 rings (SSSR count). The van der Waals surface area contributed by atoms with Gasteiger partial charge in [0.1, 0.15) is 0 Å². The molecule has 1 aliphatic carbocycles. The topological polar surface area (TPSA) is 41.3 Å². The van der Waals surface area contributed by atoms with Crippen LogP contribution in [0.25, 0.3) is 11.0 Å². The van der Waals surface area contributed by atoms with Gasteiger partial charge in [0.15, 0.2) is 0 Å². The zero-order chi connectivity index (χ0) is 14.4. The van der Waals surface area contributed by atoms with Crippen LogP contribution in [0.3, 0.4) is 0 Å². The van der Waals surface area contributed by atoms with Crippen LogP contribution in [0.4, 0.5) is 0 Å². The van der Waals surface area contributed by atoms with Crippen molar-refractivity contribution in [2.75, 3.05) is 13.1 Å². The fourth-order valence-electron chi connectivity index (χ4n) is 3.86. The summed E-state index contributed by atoms with van der Waals surface area (Å²) in [5.74, 6) is 0. The van der Waals surface area contributed by atoms with Crippen molar-refractivity contribution in [1.29, 1.82) is 0 Å². The van der Waals surface area contributed by atoms with Gasteiger partial charge in [-0.2, -0.15) is 0 Å². The minimum atomic E-state index is -0.653. The monoisotopic (exact) mass is 285 g/mol. The van der Waals surface area contributed by atoms with Crippen LogP contribution in [-0.4, -0.2) is 38.7 Å². The van der Waals surface area contributed by atoms with Crippen molar-refractivity contribution in [3.63, 3.8) is 0 Å². The van der Waals surface area contributed by atoms with E-state index in [0.717, 1.165) is 42.3 Å². The number of aryl methyl sites for hydroxylation is 1. The Labute approximate surface area is 125 Å². The van der Waals surface area contributed by atoms with E-state index in [0.29, 0.717) is 6.04 Å². The van der Waals surface area contributed by atoms with E-state index in [2.05, 4.69) is 22.0 Å². The molecule has 21 heavy (non-hydrogen) atoms. The smallest absolute Gasteiger partial charge is 0.0955 e. The molecule has 4 heteroatoms. The maximum absolute atomic E-state index is 11.1. The Morgan fingerprint density at radius 3 is 2.67 bits per heavy atom. The molecule has 2 fully saturated rings. The van der Waals surface area contributed by atoms with Crippen LogP contribution in [-0.2, 0) is 12.6 Å². The summed E-state index contributed by atoms with van der Waals surface area (Å²) in [5.41, 5.74) is 2.50. The standard InChI is InChI=1S/C17H23N3O/c1-19-12-18-15-4-3-13(11-16(15)19)17(21)7-5-14(6-8-17)20-9-2-10-20/h3-4,11-12,14,21H,2,5-10H2,1H3. The first-order chi connectivity index (χ1) is 10.2. The van der Waals surface area contributed by atoms with Crippen molar-refractivity contribution in [1.82, 2.24) is 14.5 Å². The fourth-order valence-corrected chi connectivity index (χ4v) is 3.86. The third-order valence-electron chi connectivity index (χ3n) is 5.45. The first-order valence-corrected chi connectivity index (χ1v) is 8.04. The number of aromatic nitrogens is 2. The van der Waals surface area contributed by atoms with Crippen LogP contribution in [0, 0.1) is 0 Å². The summed E-state index contributed by atoms with van der Waals surface area (Å²) in [4.78, 5) is 6.93. The van der Waals surface area contributed by atoms with E-state index < -0.39 is 5.60 Å². The highest BCUT2D eigenvalue weighted by molar-refractivity contribution is 5.76. The van der Waals surface area contributed by atoms with Crippen molar-refractivity contribution >= 4 is 11.0 Å². The number of benzene rings is 1. The van der Waals surface area contributed by atoms with Crippen LogP contribution in [0.1, 0.15) is 37.7 Å². The number of hydrogen-bond acceptors (Lipinski definition) is 3. The maximum atomic E-state index is 11.1. The summed E-state index contributed by atoms with van der Waals surface area (Å²) in [6.45, 7) is 2.51. The average molecular weight is 285 g/mol. The molecule has 1 saturated carbocycles. The van der Waals surface area contributed by atoms with E-state index in [4.69, 9.17) is 0 Å². The minimum absolute atomic E-state index is 0.653. The van der Waals surface area contributed by atoms with Gasteiger partial charge >= 0.3 is 0 Å². The Balaban J connectivity index is 1.57. The van der Waals surface area contributed by atoms with Gasteiger partial charge in [0, 0.05) is 13.1 Å². The highest BCUT2D eigenvalue weighted by atomic mass is 16.3. The SMILES string of the molecule is Cn1cnc2ccc(C3(O)CCC(N4CCC4)CC3)cc21. The van der Waals surface area contributed by atoms with Gasteiger partial charge in [0.2, 0.25) is 0 Å². The van der Waals surface area contributed by atoms with Crippen molar-refractivity contribution in [2.24, 2.45) is 7.05 Å². The molecule has 2 heterocycles. The molecule has 1 N–H and O–H groups in total. The largest absolute Gasteiger partial charge is 0.385 e. The quantitative estimate of drug-likeness (QED) is 0.921. The van der Waals surface area contributed by atoms with E-state index in [1.165, 1.54) is 19.5 Å². The third-order valence-corrected chi connectivity index (χ3v) is 5.45. The molecule has 0 radical (unpaired) electrons. The molecule has 0 atom stereocenters. The summed E-state index contributed by atoms with van der Waals surface area (Å²) in [6.07, 6.45) is 7.14. The van der Waals surface area contributed by atoms with Crippen molar-refractivity contribution in [2.45, 2.75) is 43.7 Å². The van der Waals surface area contributed by atoms with E-state index in [1.54, 1.807) is 0 Å². The van der Waals surface area contributed by atoms with Gasteiger partial charge in [-0.05, 0) is 62.9 Å². The molecule has 4 nitrogen and oxygen atoms in total. The first-order valence-electron chi connectivity index (χ1n) is 8.04. The number of imidazole rings is 1. The number of nitrogens with zero attached hydrogens (tertiary/aromatic N) is 3. The summed E-state index contributed by atoms with van der Waals surface area (Å²) >= 11 is 0. The molecule has 1 saturated heterocycles. The van der Waals surface area contributed by atoms with Crippen molar-refractivity contribution in [3.8, 4) is 0 Å². The van der Waals surface area contributed by atoms with Gasteiger partial charge in [0.05, 0.1) is 23.0 Å². The molecule has 0 unspecified atom stereocenters. The van der Waals surface area contributed by atoms with Gasteiger partial charge in [-0.1, -0.05) is 6.07 Å². The minimum Gasteiger partial charge on any atom is -0.385 e. The molecule has 2 aliphatic rings. The second-order valence-corrected chi connectivity index (χ2v) is 6.71. The highest BCUT2D eigenvalue weighted by Crippen LogP contribution is 2.40. The second-order valence-electron chi connectivity index (χ2n) is 6.71. The lowest BCUT2D eigenvalue weighted by Crippen LogP contribution is -2.48. The summed E-state index contributed by atoms with van der Waals surface area (Å²) < 4.78 is 2.02. The van der Waals surface area contributed by atoms with E-state index in [-0.39, 0.29) is 0 Å². The molecular weight excluding hydrogens is 262 g/mol. The number of likely N-dealkylation sites (tertiary alicyclic amines) is 1. The van der Waals surface area contributed by atoms with Crippen LogP contribution in [0.2, 0.25) is 0 Å². The molecular formula is C17H23N3O. The normalized spacial score (nSPS) is 30.5. The highest BCUT2D eigenvalue weighted by Gasteiger charge is 2.37. The lowest BCUT2D eigenvalue weighted by atomic mass is 9.77. The molecule has 1 aliphatic heterocycles. The third kappa shape index (κ3) is 2.17. The summed E-state index contributed by atoms with van der Waals surface area (Å²) in [6, 6.07) is 6.90. The summed E-state index contributed by atoms with van der Waals surface area (Å²) in [5, 5.41) is 11.1. The lowest BCUT2D eigenvalue weighted by molar-refractivity contribution is -0.0343. The number of fused-ring (bicyclic) bond motifs is 1. The average Bonchev–Trinajstić information content (AvgIpc) is 2.81. The predicted molar refractivity (Wildman–Crippen MR) is 83.1 cm³/mol. The van der Waals surface area contributed by atoms with Gasteiger partial charge < -0.3 is 14.6 Å². The van der Waals surface area contributed by atoms with Gasteiger partial charge in [-0.15, -0.1) is 0 Å². The second kappa shape index (κ2) is 4.82. The van der Waals surface area contributed by atoms with E-state index in [1.807, 2.05) is 24.0 Å². The van der Waals surface area contributed by atoms with Crippen LogP contribution < -0.4 is 0 Å². The Morgan fingerprint density at radius 2 is 2.00 bits per heavy atom. The Hall–Kier alpha value is -1.39. The molecule has 1 aromatic heterocycles. The van der Waals surface area contributed by atoms with E-state index in [9.17, 15) is 5.11 Å². The molecule has 1 aromatic carbocycles. The zero-order valence-electron chi connectivity index (χ0n) is 12.6. The van der Waals surface area contributed by atoms with Crippen molar-refractivity contribution < 1.29 is 5.11 Å². The molecule has 112 valence electrons. The number of aliphatic hydroxyl groups is 1.